The van der Waals surface area contributed by atoms with Gasteiger partial charge in [0.1, 0.15) is 5.82 Å². The highest BCUT2D eigenvalue weighted by molar-refractivity contribution is 5.64. The minimum absolute atomic E-state index is 0.761. The molecule has 3 N–H and O–H groups in total. The van der Waals surface area contributed by atoms with Gasteiger partial charge in [-0.1, -0.05) is 12.2 Å². The Morgan fingerprint density at radius 3 is 2.87 bits per heavy atom. The summed E-state index contributed by atoms with van der Waals surface area (Å²) in [5.74, 6) is 0.944. The Hall–Kier alpha value is -1.45. The normalized spacial score (nSPS) is 11.1. The van der Waals surface area contributed by atoms with E-state index in [1.54, 1.807) is 0 Å². The number of hydrogen-bond acceptors (Lipinski definition) is 3. The first-order valence-corrected chi connectivity index (χ1v) is 5.38. The fraction of sp³-hybridized carbons (Fsp3) is 0.545. The molecule has 0 radical (unpaired) electrons. The highest BCUT2D eigenvalue weighted by Gasteiger charge is 2.09. The zero-order valence-electron chi connectivity index (χ0n) is 9.75. The lowest BCUT2D eigenvalue weighted by Gasteiger charge is -2.07. The highest BCUT2D eigenvalue weighted by Crippen LogP contribution is 2.21. The van der Waals surface area contributed by atoms with Crippen molar-refractivity contribution in [1.82, 2.24) is 9.78 Å². The largest absolute Gasteiger partial charge is 0.394 e. The van der Waals surface area contributed by atoms with Crippen LogP contribution in [0.3, 0.4) is 0 Å². The molecule has 0 spiro atoms. The van der Waals surface area contributed by atoms with Gasteiger partial charge in [-0.25, -0.2) is 4.68 Å². The van der Waals surface area contributed by atoms with Crippen molar-refractivity contribution in [2.75, 3.05) is 17.6 Å². The summed E-state index contributed by atoms with van der Waals surface area (Å²) >= 11 is 0. The molecule has 0 saturated carbocycles. The van der Waals surface area contributed by atoms with Crippen molar-refractivity contribution in [2.45, 2.75) is 33.7 Å². The Labute approximate surface area is 91.2 Å². The SMILES string of the molecule is C/C=C/CCNc1c(N)c(C)nn1CC. The van der Waals surface area contributed by atoms with Crippen molar-refractivity contribution >= 4 is 11.5 Å². The van der Waals surface area contributed by atoms with Gasteiger partial charge < -0.3 is 11.1 Å². The molecule has 0 saturated heterocycles. The third-order valence-electron chi connectivity index (χ3n) is 2.31. The summed E-state index contributed by atoms with van der Waals surface area (Å²) in [4.78, 5) is 0. The number of nitrogens with one attached hydrogen (secondary N) is 1. The van der Waals surface area contributed by atoms with Crippen LogP contribution in [0.5, 0.6) is 0 Å². The van der Waals surface area contributed by atoms with Crippen molar-refractivity contribution < 1.29 is 0 Å². The monoisotopic (exact) mass is 208 g/mol. The highest BCUT2D eigenvalue weighted by atomic mass is 15.3. The van der Waals surface area contributed by atoms with Crippen LogP contribution in [0, 0.1) is 6.92 Å². The van der Waals surface area contributed by atoms with Crippen LogP contribution in [0.1, 0.15) is 26.0 Å². The molecule has 1 rings (SSSR count). The summed E-state index contributed by atoms with van der Waals surface area (Å²) in [6, 6.07) is 0. The third kappa shape index (κ3) is 2.75. The fourth-order valence-corrected chi connectivity index (χ4v) is 1.45. The molecule has 15 heavy (non-hydrogen) atoms. The summed E-state index contributed by atoms with van der Waals surface area (Å²) in [6.45, 7) is 7.74. The lowest BCUT2D eigenvalue weighted by atomic mass is 10.3. The van der Waals surface area contributed by atoms with Crippen molar-refractivity contribution in [2.24, 2.45) is 0 Å². The molecule has 4 heteroatoms. The maximum atomic E-state index is 5.93. The van der Waals surface area contributed by atoms with E-state index in [1.807, 2.05) is 24.6 Å². The fourth-order valence-electron chi connectivity index (χ4n) is 1.45. The summed E-state index contributed by atoms with van der Waals surface area (Å²) in [7, 11) is 0. The van der Waals surface area contributed by atoms with Crippen molar-refractivity contribution in [3.63, 3.8) is 0 Å². The minimum Gasteiger partial charge on any atom is -0.394 e. The van der Waals surface area contributed by atoms with Gasteiger partial charge in [0, 0.05) is 13.1 Å². The molecule has 0 atom stereocenters. The molecular weight excluding hydrogens is 188 g/mol. The van der Waals surface area contributed by atoms with Crippen LogP contribution in [0.25, 0.3) is 0 Å². The summed E-state index contributed by atoms with van der Waals surface area (Å²) in [5, 5.41) is 7.65. The van der Waals surface area contributed by atoms with Gasteiger partial charge in [0.05, 0.1) is 11.4 Å². The second-order valence-corrected chi connectivity index (χ2v) is 3.45. The first-order chi connectivity index (χ1) is 7.20. The van der Waals surface area contributed by atoms with Gasteiger partial charge in [0.2, 0.25) is 0 Å². The molecule has 1 aromatic rings. The van der Waals surface area contributed by atoms with Crippen molar-refractivity contribution in [3.05, 3.63) is 17.8 Å². The van der Waals surface area contributed by atoms with Gasteiger partial charge in [0.15, 0.2) is 0 Å². The van der Waals surface area contributed by atoms with Gasteiger partial charge in [0.25, 0.3) is 0 Å². The first-order valence-electron chi connectivity index (χ1n) is 5.38. The molecule has 0 amide bonds. The Morgan fingerprint density at radius 2 is 2.27 bits per heavy atom. The van der Waals surface area contributed by atoms with Crippen molar-refractivity contribution in [1.29, 1.82) is 0 Å². The van der Waals surface area contributed by atoms with Crippen LogP contribution >= 0.6 is 0 Å². The first kappa shape index (κ1) is 11.6. The van der Waals surface area contributed by atoms with Crippen molar-refractivity contribution in [3.8, 4) is 0 Å². The van der Waals surface area contributed by atoms with Crippen LogP contribution in [-0.4, -0.2) is 16.3 Å². The number of hydrogen-bond donors (Lipinski definition) is 2. The van der Waals surface area contributed by atoms with Gasteiger partial charge in [-0.2, -0.15) is 5.10 Å². The number of nitrogen functional groups attached to an aromatic ring is 1. The van der Waals surface area contributed by atoms with Gasteiger partial charge in [-0.05, 0) is 27.2 Å². The number of aromatic nitrogens is 2. The number of allylic oxidation sites excluding steroid dienone is 1. The molecule has 0 fully saturated rings. The quantitative estimate of drug-likeness (QED) is 0.576. The standard InChI is InChI=1S/C11H20N4/c1-4-6-7-8-13-11-10(12)9(3)14-15(11)5-2/h4,6,13H,5,7-8,12H2,1-3H3/b6-4+. The van der Waals surface area contributed by atoms with Crippen LogP contribution < -0.4 is 11.1 Å². The van der Waals surface area contributed by atoms with E-state index < -0.39 is 0 Å². The van der Waals surface area contributed by atoms with Crippen LogP contribution in [0.4, 0.5) is 11.5 Å². The van der Waals surface area contributed by atoms with E-state index in [9.17, 15) is 0 Å². The number of anilines is 2. The molecule has 1 heterocycles. The lowest BCUT2D eigenvalue weighted by Crippen LogP contribution is -2.09. The number of nitrogens with two attached hydrogens (primary N) is 1. The van der Waals surface area contributed by atoms with Crippen LogP contribution in [0.15, 0.2) is 12.2 Å². The summed E-state index contributed by atoms with van der Waals surface area (Å²) in [5.41, 5.74) is 7.59. The molecular formula is C11H20N4. The number of aryl methyl sites for hydroxylation is 2. The third-order valence-corrected chi connectivity index (χ3v) is 2.31. The van der Waals surface area contributed by atoms with Gasteiger partial charge in [-0.3, -0.25) is 0 Å². The molecule has 0 aliphatic carbocycles. The zero-order valence-corrected chi connectivity index (χ0v) is 9.75. The second kappa shape index (κ2) is 5.44. The smallest absolute Gasteiger partial charge is 0.148 e. The van der Waals surface area contributed by atoms with Gasteiger partial charge in [-0.15, -0.1) is 0 Å². The molecule has 0 aliphatic rings. The molecule has 0 aliphatic heterocycles. The maximum absolute atomic E-state index is 5.93. The van der Waals surface area contributed by atoms with E-state index in [0.29, 0.717) is 0 Å². The van der Waals surface area contributed by atoms with Crippen LogP contribution in [-0.2, 0) is 6.54 Å². The summed E-state index contributed by atoms with van der Waals surface area (Å²) < 4.78 is 1.90. The van der Waals surface area contributed by atoms with Crippen LogP contribution in [0.2, 0.25) is 0 Å². The Morgan fingerprint density at radius 1 is 1.53 bits per heavy atom. The summed E-state index contributed by atoms with van der Waals surface area (Å²) in [6.07, 6.45) is 5.18. The molecule has 0 aromatic carbocycles. The van der Waals surface area contributed by atoms with E-state index >= 15 is 0 Å². The van der Waals surface area contributed by atoms with Gasteiger partial charge >= 0.3 is 0 Å². The average Bonchev–Trinajstić information content (AvgIpc) is 2.51. The van der Waals surface area contributed by atoms with E-state index in [2.05, 4.69) is 23.4 Å². The predicted octanol–water partition coefficient (Wildman–Crippen LogP) is 2.17. The van der Waals surface area contributed by atoms with E-state index in [0.717, 1.165) is 36.7 Å². The molecule has 0 unspecified atom stereocenters. The molecule has 1 aromatic heterocycles. The van der Waals surface area contributed by atoms with E-state index in [-0.39, 0.29) is 0 Å². The zero-order chi connectivity index (χ0) is 11.3. The number of nitrogens with zero attached hydrogens (tertiary/aromatic N) is 2. The maximum Gasteiger partial charge on any atom is 0.148 e. The molecule has 84 valence electrons. The van der Waals surface area contributed by atoms with E-state index in [4.69, 9.17) is 5.73 Å². The topological polar surface area (TPSA) is 55.9 Å². The average molecular weight is 208 g/mol. The molecule has 0 bridgehead atoms. The molecule has 4 nitrogen and oxygen atoms in total. The number of rotatable bonds is 5. The predicted molar refractivity (Wildman–Crippen MR) is 65.0 cm³/mol. The second-order valence-electron chi connectivity index (χ2n) is 3.45. The Bertz CT molecular complexity index is 339. The lowest BCUT2D eigenvalue weighted by molar-refractivity contribution is 0.657. The minimum atomic E-state index is 0.761. The van der Waals surface area contributed by atoms with E-state index in [1.165, 1.54) is 0 Å². The Balaban J connectivity index is 2.66. The Kier molecular flexibility index (Phi) is 4.21.